The summed E-state index contributed by atoms with van der Waals surface area (Å²) in [7, 11) is 0. The molecule has 0 unspecified atom stereocenters. The van der Waals surface area contributed by atoms with E-state index in [0.29, 0.717) is 10.8 Å². The Morgan fingerprint density at radius 3 is 2.17 bits per heavy atom. The molecule has 2 N–H and O–H groups in total. The topological polar surface area (TPSA) is 118 Å². The van der Waals surface area contributed by atoms with Gasteiger partial charge in [0.25, 0.3) is 5.69 Å². The number of benzene rings is 2. The van der Waals surface area contributed by atoms with Gasteiger partial charge in [-0.3, -0.25) is 10.1 Å². The van der Waals surface area contributed by atoms with Crippen LogP contribution in [0.1, 0.15) is 17.3 Å². The van der Waals surface area contributed by atoms with Gasteiger partial charge < -0.3 is 10.2 Å². The molecule has 0 saturated heterocycles. The summed E-state index contributed by atoms with van der Waals surface area (Å²) < 4.78 is 0. The summed E-state index contributed by atoms with van der Waals surface area (Å²) in [5, 5.41) is 28.6. The van der Waals surface area contributed by atoms with Crippen LogP contribution in [0, 0.1) is 10.1 Å². The van der Waals surface area contributed by atoms with Crippen molar-refractivity contribution in [2.45, 2.75) is 6.92 Å². The van der Waals surface area contributed by atoms with E-state index >= 15 is 0 Å². The number of carbonyl (C=O) groups is 2. The monoisotopic (exact) mass is 327 g/mol. The third kappa shape index (κ3) is 5.68. The number of fused-ring (bicyclic) bond motifs is 1. The molecular formula is C15H13MgNO6. The molecule has 0 atom stereocenters. The van der Waals surface area contributed by atoms with Gasteiger partial charge in [0.15, 0.2) is 0 Å². The highest BCUT2D eigenvalue weighted by Gasteiger charge is 2.22. The number of nitro benzene ring substituents is 1. The van der Waals surface area contributed by atoms with Crippen molar-refractivity contribution in [1.29, 1.82) is 0 Å². The molecule has 0 bridgehead atoms. The molecule has 2 aromatic carbocycles. The Morgan fingerprint density at radius 2 is 1.74 bits per heavy atom. The van der Waals surface area contributed by atoms with E-state index in [2.05, 4.69) is 0 Å². The number of rotatable bonds is 3. The van der Waals surface area contributed by atoms with Crippen LogP contribution in [0.25, 0.3) is 10.8 Å². The zero-order chi connectivity index (χ0) is 16.7. The smallest absolute Gasteiger partial charge is 0.343 e. The highest BCUT2D eigenvalue weighted by Crippen LogP contribution is 2.27. The molecule has 0 aromatic heterocycles. The second-order valence-corrected chi connectivity index (χ2v) is 4.08. The van der Waals surface area contributed by atoms with Crippen molar-refractivity contribution < 1.29 is 24.7 Å². The molecule has 0 spiro atoms. The Morgan fingerprint density at radius 1 is 1.13 bits per heavy atom. The lowest BCUT2D eigenvalue weighted by Crippen LogP contribution is -2.03. The molecule has 2 radical (unpaired) electrons. The molecule has 0 aliphatic carbocycles. The first-order chi connectivity index (χ1) is 10.4. The second-order valence-electron chi connectivity index (χ2n) is 4.08. The predicted octanol–water partition coefficient (Wildman–Crippen LogP) is 2.71. The first kappa shape index (κ1) is 20.5. The Bertz CT molecular complexity index is 757. The van der Waals surface area contributed by atoms with E-state index in [1.807, 2.05) is 0 Å². The van der Waals surface area contributed by atoms with Crippen molar-refractivity contribution >= 4 is 51.5 Å². The van der Waals surface area contributed by atoms with Crippen LogP contribution >= 0.6 is 0 Å². The lowest BCUT2D eigenvalue weighted by atomic mass is 10.0. The lowest BCUT2D eigenvalue weighted by molar-refractivity contribution is -0.385. The third-order valence-corrected chi connectivity index (χ3v) is 2.63. The molecule has 0 aliphatic heterocycles. The van der Waals surface area contributed by atoms with Gasteiger partial charge in [0, 0.05) is 40.6 Å². The van der Waals surface area contributed by atoms with Gasteiger partial charge in [-0.25, -0.2) is 9.59 Å². The zero-order valence-corrected chi connectivity index (χ0v) is 13.7. The van der Waals surface area contributed by atoms with Gasteiger partial charge in [-0.1, -0.05) is 30.3 Å². The standard InChI is InChI=1S/C11H7NO4.C4H6O2.Mg/c13-11(14)10-8-4-2-1-3-7(8)5-6-9(10)12(15)16;1-2-3-4(5)6;/h1-6H,(H,13,14);2-3H,1H3,(H,5,6);. The van der Waals surface area contributed by atoms with Crippen molar-refractivity contribution in [2.24, 2.45) is 0 Å². The minimum absolute atomic E-state index is 0. The van der Waals surface area contributed by atoms with Crippen LogP contribution in [-0.4, -0.2) is 50.1 Å². The maximum Gasteiger partial charge on any atom is 0.343 e. The van der Waals surface area contributed by atoms with Crippen LogP contribution in [0.3, 0.4) is 0 Å². The minimum atomic E-state index is -1.29. The number of nitrogens with zero attached hydrogens (tertiary/aromatic N) is 1. The summed E-state index contributed by atoms with van der Waals surface area (Å²) in [5.74, 6) is -2.18. The summed E-state index contributed by atoms with van der Waals surface area (Å²) in [4.78, 5) is 30.6. The highest BCUT2D eigenvalue weighted by molar-refractivity contribution is 6.07. The van der Waals surface area contributed by atoms with E-state index in [1.54, 1.807) is 37.3 Å². The highest BCUT2D eigenvalue weighted by atomic mass is 24.3. The Kier molecular flexibility index (Phi) is 8.52. The van der Waals surface area contributed by atoms with E-state index in [9.17, 15) is 19.7 Å². The molecule has 2 aromatic rings. The van der Waals surface area contributed by atoms with Crippen molar-refractivity contribution in [3.05, 3.63) is 64.2 Å². The second kappa shape index (κ2) is 9.54. The Balaban J connectivity index is 0.000000599. The zero-order valence-electron chi connectivity index (χ0n) is 12.3. The molecule has 8 heteroatoms. The van der Waals surface area contributed by atoms with Crippen LogP contribution in [0.15, 0.2) is 48.6 Å². The largest absolute Gasteiger partial charge is 0.478 e. The predicted molar refractivity (Wildman–Crippen MR) is 85.8 cm³/mol. The van der Waals surface area contributed by atoms with Crippen molar-refractivity contribution in [1.82, 2.24) is 0 Å². The number of allylic oxidation sites excluding steroid dienone is 1. The first-order valence-corrected chi connectivity index (χ1v) is 6.13. The molecule has 0 amide bonds. The molecule has 0 aliphatic rings. The van der Waals surface area contributed by atoms with Crippen LogP contribution in [-0.2, 0) is 4.79 Å². The van der Waals surface area contributed by atoms with Gasteiger partial charge in [-0.05, 0) is 18.4 Å². The summed E-state index contributed by atoms with van der Waals surface area (Å²) in [5.41, 5.74) is -0.644. The molecule has 23 heavy (non-hydrogen) atoms. The average Bonchev–Trinajstić information content (AvgIpc) is 2.46. The maximum atomic E-state index is 11.0. The number of aromatic carboxylic acids is 1. The molecule has 2 rings (SSSR count). The summed E-state index contributed by atoms with van der Waals surface area (Å²) in [6.07, 6.45) is 2.56. The lowest BCUT2D eigenvalue weighted by Gasteiger charge is -2.02. The number of hydrogen-bond acceptors (Lipinski definition) is 4. The molecule has 116 valence electrons. The van der Waals surface area contributed by atoms with Gasteiger partial charge in [0.05, 0.1) is 4.92 Å². The number of hydrogen-bond donors (Lipinski definition) is 2. The van der Waals surface area contributed by atoms with Gasteiger partial charge in [0.1, 0.15) is 5.56 Å². The number of nitro groups is 1. The first-order valence-electron chi connectivity index (χ1n) is 6.13. The van der Waals surface area contributed by atoms with E-state index < -0.39 is 16.9 Å². The fraction of sp³-hybridized carbons (Fsp3) is 0.0667. The molecule has 7 nitrogen and oxygen atoms in total. The van der Waals surface area contributed by atoms with E-state index in [1.165, 1.54) is 12.1 Å². The van der Waals surface area contributed by atoms with E-state index in [4.69, 9.17) is 10.2 Å². The summed E-state index contributed by atoms with van der Waals surface area (Å²) in [6.45, 7) is 1.66. The summed E-state index contributed by atoms with van der Waals surface area (Å²) in [6, 6.07) is 9.43. The number of carboxylic acid groups (broad SMARTS) is 2. The van der Waals surface area contributed by atoms with Crippen LogP contribution in [0.4, 0.5) is 5.69 Å². The molecule has 0 heterocycles. The van der Waals surface area contributed by atoms with Gasteiger partial charge in [-0.15, -0.1) is 0 Å². The Hall–Kier alpha value is -2.45. The molecule has 0 saturated carbocycles. The number of carboxylic acids is 2. The van der Waals surface area contributed by atoms with E-state index in [0.717, 1.165) is 6.08 Å². The Labute approximate surface area is 147 Å². The van der Waals surface area contributed by atoms with E-state index in [-0.39, 0.29) is 34.3 Å². The van der Waals surface area contributed by atoms with Gasteiger partial charge in [-0.2, -0.15) is 0 Å². The molecular weight excluding hydrogens is 314 g/mol. The van der Waals surface area contributed by atoms with Gasteiger partial charge in [0.2, 0.25) is 0 Å². The van der Waals surface area contributed by atoms with Crippen molar-refractivity contribution in [3.8, 4) is 0 Å². The quantitative estimate of drug-likeness (QED) is 0.387. The van der Waals surface area contributed by atoms with Crippen molar-refractivity contribution in [3.63, 3.8) is 0 Å². The van der Waals surface area contributed by atoms with Gasteiger partial charge >= 0.3 is 11.9 Å². The molecule has 0 fully saturated rings. The fourth-order valence-electron chi connectivity index (χ4n) is 1.78. The minimum Gasteiger partial charge on any atom is -0.478 e. The normalized spacial score (nSPS) is 9.61. The SMILES string of the molecule is CC=CC(=O)O.O=C(O)c1c([N+](=O)[O-])ccc2ccccc12.[Mg]. The average molecular weight is 328 g/mol. The van der Waals surface area contributed by atoms with Crippen molar-refractivity contribution in [2.75, 3.05) is 0 Å². The maximum absolute atomic E-state index is 11.0. The summed E-state index contributed by atoms with van der Waals surface area (Å²) >= 11 is 0. The number of aliphatic carboxylic acids is 1. The van der Waals surface area contributed by atoms with Crippen LogP contribution in [0.5, 0.6) is 0 Å². The fourth-order valence-corrected chi connectivity index (χ4v) is 1.78. The van der Waals surface area contributed by atoms with Crippen LogP contribution < -0.4 is 0 Å². The third-order valence-electron chi connectivity index (χ3n) is 2.63. The van der Waals surface area contributed by atoms with Crippen LogP contribution in [0.2, 0.25) is 0 Å².